The molecule has 0 aliphatic carbocycles. The first-order valence-corrected chi connectivity index (χ1v) is 6.78. The Morgan fingerprint density at radius 3 is 2.42 bits per heavy atom. The Hall–Kier alpha value is -1.13. The Kier molecular flexibility index (Phi) is 5.76. The van der Waals surface area contributed by atoms with Crippen LogP contribution in [0.3, 0.4) is 0 Å². The van der Waals surface area contributed by atoms with Gasteiger partial charge in [0.15, 0.2) is 0 Å². The second-order valence-electron chi connectivity index (χ2n) is 5.42. The summed E-state index contributed by atoms with van der Waals surface area (Å²) in [4.78, 5) is 6.73. The minimum atomic E-state index is -0.338. The van der Waals surface area contributed by atoms with Crippen LogP contribution in [0, 0.1) is 13.8 Å². The van der Waals surface area contributed by atoms with Crippen LogP contribution in [-0.2, 0) is 6.54 Å². The van der Waals surface area contributed by atoms with Crippen molar-refractivity contribution in [3.63, 3.8) is 0 Å². The molecule has 0 aromatic carbocycles. The molecule has 1 N–H and O–H groups in total. The van der Waals surface area contributed by atoms with E-state index in [1.807, 2.05) is 27.0 Å². The van der Waals surface area contributed by atoms with E-state index in [0.717, 1.165) is 29.1 Å². The minimum Gasteiger partial charge on any atom is -0.496 e. The molecule has 0 saturated heterocycles. The third kappa shape index (κ3) is 4.18. The van der Waals surface area contributed by atoms with Crippen molar-refractivity contribution in [1.82, 2.24) is 9.88 Å². The molecule has 1 heterocycles. The zero-order valence-corrected chi connectivity index (χ0v) is 12.9. The van der Waals surface area contributed by atoms with Crippen molar-refractivity contribution in [3.05, 3.63) is 23.0 Å². The molecule has 0 aliphatic heterocycles. The fraction of sp³-hybridized carbons (Fsp3) is 0.667. The predicted octanol–water partition coefficient (Wildman–Crippen LogP) is 2.30. The summed E-state index contributed by atoms with van der Waals surface area (Å²) in [5.41, 5.74) is 3.14. The molecule has 0 spiro atoms. The molecular weight excluding hydrogens is 240 g/mol. The molecule has 1 unspecified atom stereocenters. The highest BCUT2D eigenvalue weighted by atomic mass is 16.5. The smallest absolute Gasteiger partial charge is 0.128 e. The van der Waals surface area contributed by atoms with E-state index in [1.165, 1.54) is 0 Å². The van der Waals surface area contributed by atoms with Gasteiger partial charge >= 0.3 is 0 Å². The lowest BCUT2D eigenvalue weighted by Crippen LogP contribution is -2.36. The van der Waals surface area contributed by atoms with Crippen molar-refractivity contribution >= 4 is 0 Å². The van der Waals surface area contributed by atoms with E-state index >= 15 is 0 Å². The van der Waals surface area contributed by atoms with Crippen molar-refractivity contribution < 1.29 is 9.84 Å². The number of aliphatic hydroxyl groups excluding tert-OH is 1. The summed E-state index contributed by atoms with van der Waals surface area (Å²) in [6.45, 7) is 11.5. The third-order valence-corrected chi connectivity index (χ3v) is 3.33. The fourth-order valence-corrected chi connectivity index (χ4v) is 2.22. The summed E-state index contributed by atoms with van der Waals surface area (Å²) >= 11 is 0. The van der Waals surface area contributed by atoms with E-state index in [9.17, 15) is 5.11 Å². The maximum Gasteiger partial charge on any atom is 0.128 e. The second kappa shape index (κ2) is 6.87. The van der Waals surface area contributed by atoms with E-state index in [1.54, 1.807) is 7.11 Å². The Morgan fingerprint density at radius 1 is 1.32 bits per heavy atom. The lowest BCUT2D eigenvalue weighted by molar-refractivity contribution is 0.102. The molecule has 0 aliphatic rings. The number of aliphatic hydroxyl groups is 1. The molecule has 0 radical (unpaired) electrons. The average molecular weight is 266 g/mol. The predicted molar refractivity (Wildman–Crippen MR) is 77.5 cm³/mol. The highest BCUT2D eigenvalue weighted by Gasteiger charge is 2.16. The molecule has 1 aromatic rings. The normalized spacial score (nSPS) is 13.1. The number of nitrogens with zero attached hydrogens (tertiary/aromatic N) is 2. The average Bonchev–Trinajstić information content (AvgIpc) is 2.31. The van der Waals surface area contributed by atoms with Gasteiger partial charge in [-0.3, -0.25) is 9.88 Å². The summed E-state index contributed by atoms with van der Waals surface area (Å²) in [6.07, 6.45) is 1.51. The SMILES string of the molecule is COc1c(C)cnc(CN(CC(C)O)C(C)C)c1C. The molecule has 19 heavy (non-hydrogen) atoms. The Labute approximate surface area is 116 Å². The van der Waals surface area contributed by atoms with Crippen LogP contribution in [0.4, 0.5) is 0 Å². The van der Waals surface area contributed by atoms with E-state index < -0.39 is 0 Å². The molecule has 0 saturated carbocycles. The van der Waals surface area contributed by atoms with Crippen molar-refractivity contribution in [2.75, 3.05) is 13.7 Å². The van der Waals surface area contributed by atoms with Crippen molar-refractivity contribution in [2.24, 2.45) is 0 Å². The van der Waals surface area contributed by atoms with Crippen LogP contribution < -0.4 is 4.74 Å². The van der Waals surface area contributed by atoms with Crippen LogP contribution in [-0.4, -0.2) is 40.8 Å². The zero-order chi connectivity index (χ0) is 14.6. The van der Waals surface area contributed by atoms with E-state index in [4.69, 9.17) is 4.74 Å². The number of aromatic nitrogens is 1. The standard InChI is InChI=1S/C15H26N2O2/c1-10(2)17(8-12(4)18)9-14-13(5)15(19-6)11(3)7-16-14/h7,10,12,18H,8-9H2,1-6H3. The van der Waals surface area contributed by atoms with Crippen LogP contribution in [0.25, 0.3) is 0 Å². The minimum absolute atomic E-state index is 0.338. The molecule has 1 rings (SSSR count). The Morgan fingerprint density at radius 2 is 1.95 bits per heavy atom. The van der Waals surface area contributed by atoms with Crippen LogP contribution in [0.2, 0.25) is 0 Å². The summed E-state index contributed by atoms with van der Waals surface area (Å²) in [5, 5.41) is 9.58. The van der Waals surface area contributed by atoms with Gasteiger partial charge in [-0.25, -0.2) is 0 Å². The van der Waals surface area contributed by atoms with Gasteiger partial charge < -0.3 is 9.84 Å². The fourth-order valence-electron chi connectivity index (χ4n) is 2.22. The number of rotatable bonds is 6. The Bertz CT molecular complexity index is 417. The van der Waals surface area contributed by atoms with Gasteiger partial charge in [-0.1, -0.05) is 0 Å². The molecule has 0 amide bonds. The first kappa shape index (κ1) is 15.9. The largest absolute Gasteiger partial charge is 0.496 e. The Balaban J connectivity index is 2.97. The van der Waals surface area contributed by atoms with E-state index in [2.05, 4.69) is 23.7 Å². The van der Waals surface area contributed by atoms with E-state index in [0.29, 0.717) is 12.6 Å². The number of pyridine rings is 1. The quantitative estimate of drug-likeness (QED) is 0.858. The van der Waals surface area contributed by atoms with Gasteiger partial charge in [0.25, 0.3) is 0 Å². The topological polar surface area (TPSA) is 45.6 Å². The van der Waals surface area contributed by atoms with Gasteiger partial charge in [-0.15, -0.1) is 0 Å². The van der Waals surface area contributed by atoms with Gasteiger partial charge in [0, 0.05) is 36.5 Å². The monoisotopic (exact) mass is 266 g/mol. The summed E-state index contributed by atoms with van der Waals surface area (Å²) in [7, 11) is 1.69. The first-order chi connectivity index (χ1) is 8.86. The van der Waals surface area contributed by atoms with Crippen LogP contribution >= 0.6 is 0 Å². The molecular formula is C15H26N2O2. The number of hydrogen-bond donors (Lipinski definition) is 1. The van der Waals surface area contributed by atoms with Gasteiger partial charge in [0.1, 0.15) is 5.75 Å². The third-order valence-electron chi connectivity index (χ3n) is 3.33. The number of aryl methyl sites for hydroxylation is 1. The molecule has 1 atom stereocenters. The van der Waals surface area contributed by atoms with Crippen LogP contribution in [0.1, 0.15) is 37.6 Å². The van der Waals surface area contributed by atoms with Crippen LogP contribution in [0.5, 0.6) is 5.75 Å². The van der Waals surface area contributed by atoms with Gasteiger partial charge in [0.2, 0.25) is 0 Å². The summed E-state index contributed by atoms with van der Waals surface area (Å²) in [6, 6.07) is 0.364. The van der Waals surface area contributed by atoms with E-state index in [-0.39, 0.29) is 6.10 Å². The zero-order valence-electron chi connectivity index (χ0n) is 12.9. The molecule has 0 bridgehead atoms. The number of hydrogen-bond acceptors (Lipinski definition) is 4. The lowest BCUT2D eigenvalue weighted by atomic mass is 10.1. The molecule has 0 fully saturated rings. The van der Waals surface area contributed by atoms with Gasteiger partial charge in [-0.2, -0.15) is 0 Å². The van der Waals surface area contributed by atoms with Gasteiger partial charge in [0.05, 0.1) is 18.9 Å². The molecule has 4 heteroatoms. The lowest BCUT2D eigenvalue weighted by Gasteiger charge is -2.28. The summed E-state index contributed by atoms with van der Waals surface area (Å²) < 4.78 is 5.43. The summed E-state index contributed by atoms with van der Waals surface area (Å²) in [5.74, 6) is 0.908. The first-order valence-electron chi connectivity index (χ1n) is 6.78. The number of ether oxygens (including phenoxy) is 1. The maximum absolute atomic E-state index is 9.58. The highest BCUT2D eigenvalue weighted by molar-refractivity contribution is 5.41. The molecule has 108 valence electrons. The maximum atomic E-state index is 9.58. The van der Waals surface area contributed by atoms with Crippen molar-refractivity contribution in [2.45, 2.75) is 53.3 Å². The molecule has 4 nitrogen and oxygen atoms in total. The molecule has 1 aromatic heterocycles. The van der Waals surface area contributed by atoms with Gasteiger partial charge in [-0.05, 0) is 34.6 Å². The second-order valence-corrected chi connectivity index (χ2v) is 5.42. The van der Waals surface area contributed by atoms with Crippen molar-refractivity contribution in [1.29, 1.82) is 0 Å². The highest BCUT2D eigenvalue weighted by Crippen LogP contribution is 2.25. The number of methoxy groups -OCH3 is 1. The van der Waals surface area contributed by atoms with Crippen molar-refractivity contribution in [3.8, 4) is 5.75 Å². The van der Waals surface area contributed by atoms with Crippen LogP contribution in [0.15, 0.2) is 6.20 Å².